The maximum Gasteiger partial charge on any atom is 0.430 e. The lowest BCUT2D eigenvalue weighted by atomic mass is 10.2. The molecule has 1 aromatic heterocycles. The van der Waals surface area contributed by atoms with Crippen LogP contribution in [-0.4, -0.2) is 68.9 Å². The lowest BCUT2D eigenvalue weighted by Crippen LogP contribution is -2.41. The molecule has 2 aromatic carbocycles. The highest BCUT2D eigenvalue weighted by Gasteiger charge is 2.38. The van der Waals surface area contributed by atoms with Gasteiger partial charge in [0.15, 0.2) is 5.82 Å². The van der Waals surface area contributed by atoms with Crippen molar-refractivity contribution in [3.05, 3.63) is 57.9 Å². The summed E-state index contributed by atoms with van der Waals surface area (Å²) in [6.07, 6.45) is -1.23. The molecule has 46 heavy (non-hydrogen) atoms. The maximum atomic E-state index is 15.6. The number of nitrogens with one attached hydrogen (secondary N) is 1. The van der Waals surface area contributed by atoms with Crippen molar-refractivity contribution in [1.82, 2.24) is 9.88 Å². The van der Waals surface area contributed by atoms with Crippen molar-refractivity contribution >= 4 is 68.0 Å². The Morgan fingerprint density at radius 3 is 2.17 bits per heavy atom. The van der Waals surface area contributed by atoms with Gasteiger partial charge in [0.1, 0.15) is 27.7 Å². The molecule has 0 aliphatic heterocycles. The fraction of sp³-hybridized carbons (Fsp3) is 0.433. The lowest BCUT2D eigenvalue weighted by Gasteiger charge is -2.27. The second-order valence-corrected chi connectivity index (χ2v) is 15.2. The van der Waals surface area contributed by atoms with Crippen LogP contribution in [0.4, 0.5) is 41.2 Å². The average Bonchev–Trinajstić information content (AvgIpc) is 3.43. The predicted molar refractivity (Wildman–Crippen MR) is 176 cm³/mol. The molecular formula is C30H38ClF2N5O6S2. The Hall–Kier alpha value is -3.69. The molecule has 1 N–H and O–H groups in total. The van der Waals surface area contributed by atoms with Crippen LogP contribution in [0.15, 0.2) is 46.1 Å². The Bertz CT molecular complexity index is 1660. The Morgan fingerprint density at radius 2 is 1.59 bits per heavy atom. The molecule has 0 bridgehead atoms. The summed E-state index contributed by atoms with van der Waals surface area (Å²) in [4.78, 5) is 31.4. The number of hydrogen-bond donors (Lipinski definition) is 1. The lowest BCUT2D eigenvalue weighted by molar-refractivity contribution is 0.0297. The van der Waals surface area contributed by atoms with E-state index in [1.807, 2.05) is 0 Å². The zero-order chi connectivity index (χ0) is 34.6. The molecule has 0 spiro atoms. The van der Waals surface area contributed by atoms with Crippen LogP contribution in [0.25, 0.3) is 0 Å². The SMILES string of the molecule is CN(CCCN(C)c1cc(F)ccc1Nc1cc(F)c(S(=O)(=O)N(C(=O)OC(C)(C)C)c2cscn2)cc1Cl)C(=O)OC(C)(C)C. The minimum atomic E-state index is -4.88. The molecular weight excluding hydrogens is 664 g/mol. The summed E-state index contributed by atoms with van der Waals surface area (Å²) in [5.41, 5.74) is 0.355. The fourth-order valence-corrected chi connectivity index (χ4v) is 6.22. The largest absolute Gasteiger partial charge is 0.444 e. The number of hydrogen-bond acceptors (Lipinski definition) is 10. The van der Waals surface area contributed by atoms with Crippen molar-refractivity contribution < 1.29 is 36.3 Å². The van der Waals surface area contributed by atoms with Crippen molar-refractivity contribution in [3.8, 4) is 0 Å². The van der Waals surface area contributed by atoms with Gasteiger partial charge in [0, 0.05) is 38.6 Å². The first-order valence-corrected chi connectivity index (χ1v) is 16.8. The first-order chi connectivity index (χ1) is 21.2. The van der Waals surface area contributed by atoms with E-state index >= 15 is 4.39 Å². The Morgan fingerprint density at radius 1 is 0.957 bits per heavy atom. The van der Waals surface area contributed by atoms with Gasteiger partial charge < -0.3 is 24.6 Å². The minimum absolute atomic E-state index is 0.0125. The van der Waals surface area contributed by atoms with Crippen LogP contribution in [-0.2, 0) is 19.5 Å². The van der Waals surface area contributed by atoms with E-state index in [1.165, 1.54) is 34.0 Å². The van der Waals surface area contributed by atoms with E-state index in [0.29, 0.717) is 30.9 Å². The van der Waals surface area contributed by atoms with Crippen LogP contribution in [0.5, 0.6) is 0 Å². The van der Waals surface area contributed by atoms with Crippen molar-refractivity contribution in [1.29, 1.82) is 0 Å². The molecule has 0 saturated carbocycles. The highest BCUT2D eigenvalue weighted by molar-refractivity contribution is 7.93. The Balaban J connectivity index is 1.86. The van der Waals surface area contributed by atoms with Gasteiger partial charge in [-0.2, -0.15) is 0 Å². The number of rotatable bonds is 10. The summed E-state index contributed by atoms with van der Waals surface area (Å²) >= 11 is 7.48. The van der Waals surface area contributed by atoms with E-state index in [1.54, 1.807) is 60.5 Å². The normalized spacial score (nSPS) is 12.0. The number of aromatic nitrogens is 1. The Labute approximate surface area is 277 Å². The van der Waals surface area contributed by atoms with Gasteiger partial charge in [0.25, 0.3) is 10.0 Å². The molecule has 16 heteroatoms. The number of carbonyl (C=O) groups is 2. The summed E-state index contributed by atoms with van der Waals surface area (Å²) in [5, 5.41) is 4.06. The van der Waals surface area contributed by atoms with Crippen molar-refractivity contribution in [2.24, 2.45) is 0 Å². The maximum absolute atomic E-state index is 15.6. The van der Waals surface area contributed by atoms with Crippen LogP contribution in [0.3, 0.4) is 0 Å². The van der Waals surface area contributed by atoms with Crippen molar-refractivity contribution in [3.63, 3.8) is 0 Å². The molecule has 0 unspecified atom stereocenters. The van der Waals surface area contributed by atoms with E-state index < -0.39 is 49.9 Å². The molecule has 0 aliphatic rings. The van der Waals surface area contributed by atoms with Gasteiger partial charge in [-0.15, -0.1) is 15.6 Å². The number of halogens is 3. The summed E-state index contributed by atoms with van der Waals surface area (Å²) in [6, 6.07) is 5.64. The van der Waals surface area contributed by atoms with Crippen molar-refractivity contribution in [2.75, 3.05) is 41.7 Å². The highest BCUT2D eigenvalue weighted by atomic mass is 35.5. The molecule has 0 aliphatic carbocycles. The fourth-order valence-electron chi connectivity index (χ4n) is 4.01. The monoisotopic (exact) mass is 701 g/mol. The molecule has 11 nitrogen and oxygen atoms in total. The molecule has 2 amide bonds. The van der Waals surface area contributed by atoms with Crippen LogP contribution in [0.2, 0.25) is 5.02 Å². The summed E-state index contributed by atoms with van der Waals surface area (Å²) in [5.74, 6) is -2.01. The third-order valence-electron chi connectivity index (χ3n) is 6.06. The van der Waals surface area contributed by atoms with Crippen LogP contribution in [0.1, 0.15) is 48.0 Å². The summed E-state index contributed by atoms with van der Waals surface area (Å²) < 4.78 is 68.1. The zero-order valence-electron chi connectivity index (χ0n) is 26.9. The summed E-state index contributed by atoms with van der Waals surface area (Å²) in [7, 11) is -1.54. The minimum Gasteiger partial charge on any atom is -0.444 e. The van der Waals surface area contributed by atoms with Crippen LogP contribution < -0.4 is 14.5 Å². The third kappa shape index (κ3) is 9.66. The van der Waals surface area contributed by atoms with E-state index in [0.717, 1.165) is 23.5 Å². The topological polar surface area (TPSA) is 121 Å². The van der Waals surface area contributed by atoms with Gasteiger partial charge in [-0.3, -0.25) is 0 Å². The van der Waals surface area contributed by atoms with Gasteiger partial charge in [-0.25, -0.2) is 31.8 Å². The third-order valence-corrected chi connectivity index (χ3v) is 8.63. The van der Waals surface area contributed by atoms with Crippen molar-refractivity contribution in [2.45, 2.75) is 64.1 Å². The second-order valence-electron chi connectivity index (χ2n) is 12.3. The smallest absolute Gasteiger partial charge is 0.430 e. The van der Waals surface area contributed by atoms with Gasteiger partial charge in [-0.05, 0) is 72.2 Å². The molecule has 0 atom stereocenters. The summed E-state index contributed by atoms with van der Waals surface area (Å²) in [6.45, 7) is 10.8. The van der Waals surface area contributed by atoms with Gasteiger partial charge in [0.2, 0.25) is 0 Å². The number of carbonyl (C=O) groups excluding carboxylic acids is 2. The Kier molecular flexibility index (Phi) is 11.5. The van der Waals surface area contributed by atoms with Crippen LogP contribution >= 0.6 is 22.9 Å². The number of benzene rings is 2. The molecule has 0 fully saturated rings. The van der Waals surface area contributed by atoms with Crippen LogP contribution in [0, 0.1) is 11.6 Å². The number of thiazole rings is 1. The number of nitrogens with zero attached hydrogens (tertiary/aromatic N) is 4. The second kappa shape index (κ2) is 14.4. The first kappa shape index (κ1) is 36.8. The van der Waals surface area contributed by atoms with E-state index in [9.17, 15) is 22.4 Å². The van der Waals surface area contributed by atoms with Gasteiger partial charge >= 0.3 is 12.2 Å². The van der Waals surface area contributed by atoms with E-state index in [4.69, 9.17) is 21.1 Å². The molecule has 3 aromatic rings. The van der Waals surface area contributed by atoms with E-state index in [-0.39, 0.29) is 20.8 Å². The standard InChI is InChI=1S/C30H38ClF2N5O6S2/c1-29(2,3)43-27(39)37(8)13-9-12-36(7)24-14-19(32)10-11-22(24)35-23-16-21(33)25(15-20(23)31)46(41,42)38(26-17-45-18-34-26)28(40)44-30(4,5)6/h10-11,14-18,35H,9,12-13H2,1-8H3. The van der Waals surface area contributed by atoms with Gasteiger partial charge in [0.05, 0.1) is 27.6 Å². The zero-order valence-corrected chi connectivity index (χ0v) is 29.2. The first-order valence-electron chi connectivity index (χ1n) is 14.1. The van der Waals surface area contributed by atoms with Gasteiger partial charge in [-0.1, -0.05) is 11.6 Å². The molecule has 252 valence electrons. The number of sulfonamides is 1. The molecule has 3 rings (SSSR count). The number of amides is 2. The molecule has 0 radical (unpaired) electrons. The number of anilines is 4. The quantitative estimate of drug-likeness (QED) is 0.227. The molecule has 1 heterocycles. The predicted octanol–water partition coefficient (Wildman–Crippen LogP) is 7.64. The van der Waals surface area contributed by atoms with E-state index in [2.05, 4.69) is 10.3 Å². The average molecular weight is 702 g/mol. The number of ether oxygens (including phenoxy) is 2. The molecule has 0 saturated heterocycles. The highest BCUT2D eigenvalue weighted by Crippen LogP contribution is 2.36.